The molecule has 1 N–H and O–H groups in total. The van der Waals surface area contributed by atoms with Crippen molar-refractivity contribution in [2.24, 2.45) is 0 Å². The van der Waals surface area contributed by atoms with Crippen LogP contribution in [0.15, 0.2) is 18.2 Å². The van der Waals surface area contributed by atoms with Crippen molar-refractivity contribution in [2.45, 2.75) is 45.8 Å². The molecular formula is C24H32ClN3O5. The number of methoxy groups -OCH3 is 1. The van der Waals surface area contributed by atoms with Crippen molar-refractivity contribution in [1.29, 1.82) is 0 Å². The average molecular weight is 478 g/mol. The number of piperidine rings is 1. The van der Waals surface area contributed by atoms with Crippen LogP contribution in [0.3, 0.4) is 0 Å². The number of aryl methyl sites for hydroxylation is 1. The van der Waals surface area contributed by atoms with E-state index in [0.29, 0.717) is 42.9 Å². The van der Waals surface area contributed by atoms with Gasteiger partial charge in [0.1, 0.15) is 5.75 Å². The van der Waals surface area contributed by atoms with Crippen LogP contribution in [-0.2, 0) is 16.0 Å². The highest BCUT2D eigenvalue weighted by molar-refractivity contribution is 6.31. The molecule has 1 atom stereocenters. The number of aromatic nitrogens is 1. The molecule has 1 unspecified atom stereocenters. The fraction of sp³-hybridized carbons (Fsp3) is 0.542. The molecule has 9 heteroatoms. The van der Waals surface area contributed by atoms with E-state index in [1.165, 1.54) is 6.42 Å². The highest BCUT2D eigenvalue weighted by Gasteiger charge is 2.24. The molecule has 2 aliphatic rings. The van der Waals surface area contributed by atoms with Gasteiger partial charge in [0.05, 0.1) is 51.0 Å². The smallest absolute Gasteiger partial charge is 0.427 e. The topological polar surface area (TPSA) is 74.2 Å². The fourth-order valence-electron chi connectivity index (χ4n) is 4.31. The van der Waals surface area contributed by atoms with E-state index in [1.807, 2.05) is 37.1 Å². The van der Waals surface area contributed by atoms with Gasteiger partial charge in [0.25, 0.3) is 0 Å². The van der Waals surface area contributed by atoms with Gasteiger partial charge in [-0.3, -0.25) is 5.43 Å². The number of rotatable bonds is 6. The zero-order valence-electron chi connectivity index (χ0n) is 19.5. The molecule has 0 saturated carbocycles. The number of hydrogen-bond donors (Lipinski definition) is 1. The van der Waals surface area contributed by atoms with Gasteiger partial charge in [-0.1, -0.05) is 18.0 Å². The molecule has 2 saturated heterocycles. The van der Waals surface area contributed by atoms with Gasteiger partial charge >= 0.3 is 6.09 Å². The Labute approximate surface area is 199 Å². The molecule has 1 aromatic heterocycles. The molecule has 0 bridgehead atoms. The summed E-state index contributed by atoms with van der Waals surface area (Å²) in [5.41, 5.74) is 6.25. The van der Waals surface area contributed by atoms with E-state index in [2.05, 4.69) is 9.99 Å². The van der Waals surface area contributed by atoms with Crippen LogP contribution in [0.5, 0.6) is 11.5 Å². The molecule has 8 nitrogen and oxygen atoms in total. The van der Waals surface area contributed by atoms with Crippen molar-refractivity contribution >= 4 is 17.7 Å². The van der Waals surface area contributed by atoms with Gasteiger partial charge in [0, 0.05) is 29.7 Å². The monoisotopic (exact) mass is 477 g/mol. The van der Waals surface area contributed by atoms with E-state index in [0.717, 1.165) is 48.4 Å². The summed E-state index contributed by atoms with van der Waals surface area (Å²) < 4.78 is 25.0. The summed E-state index contributed by atoms with van der Waals surface area (Å²) >= 11 is 6.47. The first kappa shape index (κ1) is 23.9. The number of amides is 1. The van der Waals surface area contributed by atoms with Crippen molar-refractivity contribution in [2.75, 3.05) is 40.0 Å². The zero-order chi connectivity index (χ0) is 23.4. The SMILES string of the molecule is COc1cc(C)c(Cl)cc1-c1cc(OC(=O)NN2CCCCC2)c(C)n1CC1COCCO1. The number of carbonyl (C=O) groups is 1. The van der Waals surface area contributed by atoms with Crippen molar-refractivity contribution in [3.05, 3.63) is 34.5 Å². The Morgan fingerprint density at radius 1 is 1.15 bits per heavy atom. The van der Waals surface area contributed by atoms with Crippen molar-refractivity contribution < 1.29 is 23.7 Å². The summed E-state index contributed by atoms with van der Waals surface area (Å²) in [5, 5.41) is 2.55. The highest BCUT2D eigenvalue weighted by Crippen LogP contribution is 2.39. The van der Waals surface area contributed by atoms with Gasteiger partial charge in [0.15, 0.2) is 5.75 Å². The number of halogens is 1. The Hall–Kier alpha value is -2.26. The van der Waals surface area contributed by atoms with Crippen LogP contribution in [0.2, 0.25) is 5.02 Å². The van der Waals surface area contributed by atoms with Gasteiger partial charge in [0.2, 0.25) is 0 Å². The molecule has 2 aliphatic heterocycles. The predicted molar refractivity (Wildman–Crippen MR) is 126 cm³/mol. The van der Waals surface area contributed by atoms with Crippen LogP contribution >= 0.6 is 11.6 Å². The Bertz CT molecular complexity index is 981. The maximum Gasteiger partial charge on any atom is 0.427 e. The number of benzene rings is 1. The third-order valence-corrected chi connectivity index (χ3v) is 6.56. The average Bonchev–Trinajstić information content (AvgIpc) is 3.11. The van der Waals surface area contributed by atoms with E-state index < -0.39 is 6.09 Å². The van der Waals surface area contributed by atoms with Crippen LogP contribution < -0.4 is 14.9 Å². The quantitative estimate of drug-likeness (QED) is 0.667. The Kier molecular flexibility index (Phi) is 7.80. The first-order chi connectivity index (χ1) is 16.0. The minimum atomic E-state index is -0.491. The van der Waals surface area contributed by atoms with E-state index in [9.17, 15) is 4.79 Å². The molecule has 1 aromatic carbocycles. The van der Waals surface area contributed by atoms with Gasteiger partial charge in [-0.15, -0.1) is 0 Å². The van der Waals surface area contributed by atoms with Crippen LogP contribution in [0.1, 0.15) is 30.5 Å². The van der Waals surface area contributed by atoms with Crippen LogP contribution in [0.25, 0.3) is 11.3 Å². The third-order valence-electron chi connectivity index (χ3n) is 6.16. The number of nitrogens with zero attached hydrogens (tertiary/aromatic N) is 2. The van der Waals surface area contributed by atoms with E-state index in [4.69, 9.17) is 30.5 Å². The first-order valence-electron chi connectivity index (χ1n) is 11.4. The largest absolute Gasteiger partial charge is 0.496 e. The summed E-state index contributed by atoms with van der Waals surface area (Å²) in [6, 6.07) is 5.66. The lowest BCUT2D eigenvalue weighted by atomic mass is 10.1. The van der Waals surface area contributed by atoms with Crippen LogP contribution in [0, 0.1) is 13.8 Å². The van der Waals surface area contributed by atoms with E-state index >= 15 is 0 Å². The molecule has 33 heavy (non-hydrogen) atoms. The molecule has 3 heterocycles. The summed E-state index contributed by atoms with van der Waals surface area (Å²) in [6.45, 7) is 7.74. The standard InChI is InChI=1S/C24H32ClN3O5/c1-16-11-23(30-3)19(12-20(16)25)21-13-22(33-24(29)26-27-7-5-4-6-8-27)17(2)28(21)14-18-15-31-9-10-32-18/h11-13,18H,4-10,14-15H2,1-3H3,(H,26,29). The Balaban J connectivity index is 1.65. The van der Waals surface area contributed by atoms with Crippen molar-refractivity contribution in [1.82, 2.24) is 15.0 Å². The second-order valence-corrected chi connectivity index (χ2v) is 8.92. The zero-order valence-corrected chi connectivity index (χ0v) is 20.2. The number of hydrogen-bond acceptors (Lipinski definition) is 6. The van der Waals surface area contributed by atoms with Crippen LogP contribution in [0.4, 0.5) is 4.79 Å². The molecule has 2 aromatic rings. The second kappa shape index (κ2) is 10.8. The fourth-order valence-corrected chi connectivity index (χ4v) is 4.47. The molecular weight excluding hydrogens is 446 g/mol. The van der Waals surface area contributed by atoms with Gasteiger partial charge in [-0.25, -0.2) is 9.80 Å². The first-order valence-corrected chi connectivity index (χ1v) is 11.8. The summed E-state index contributed by atoms with van der Waals surface area (Å²) in [5.74, 6) is 1.18. The maximum absolute atomic E-state index is 12.6. The van der Waals surface area contributed by atoms with Gasteiger partial charge in [-0.2, -0.15) is 0 Å². The molecule has 4 rings (SSSR count). The molecule has 0 spiro atoms. The van der Waals surface area contributed by atoms with E-state index in [-0.39, 0.29) is 6.10 Å². The van der Waals surface area contributed by atoms with Crippen LogP contribution in [-0.4, -0.2) is 61.8 Å². The Morgan fingerprint density at radius 3 is 2.64 bits per heavy atom. The lowest BCUT2D eigenvalue weighted by Crippen LogP contribution is -2.46. The lowest BCUT2D eigenvalue weighted by molar-refractivity contribution is -0.0935. The molecule has 180 valence electrons. The van der Waals surface area contributed by atoms with Crippen molar-refractivity contribution in [3.8, 4) is 22.8 Å². The van der Waals surface area contributed by atoms with E-state index in [1.54, 1.807) is 7.11 Å². The molecule has 0 radical (unpaired) electrons. The molecule has 0 aliphatic carbocycles. The number of ether oxygens (including phenoxy) is 4. The summed E-state index contributed by atoms with van der Waals surface area (Å²) in [4.78, 5) is 12.6. The number of carbonyl (C=O) groups excluding carboxylic acids is 1. The molecule has 2 fully saturated rings. The minimum Gasteiger partial charge on any atom is -0.496 e. The maximum atomic E-state index is 12.6. The normalized spacial score (nSPS) is 19.3. The van der Waals surface area contributed by atoms with Gasteiger partial charge < -0.3 is 23.5 Å². The minimum absolute atomic E-state index is 0.106. The lowest BCUT2D eigenvalue weighted by Gasteiger charge is -2.26. The van der Waals surface area contributed by atoms with Gasteiger partial charge in [-0.05, 0) is 44.4 Å². The predicted octanol–water partition coefficient (Wildman–Crippen LogP) is 4.34. The third kappa shape index (κ3) is 5.63. The second-order valence-electron chi connectivity index (χ2n) is 8.51. The highest BCUT2D eigenvalue weighted by atomic mass is 35.5. The number of hydrazine groups is 1. The molecule has 1 amide bonds. The Morgan fingerprint density at radius 2 is 1.94 bits per heavy atom. The van der Waals surface area contributed by atoms with Crippen molar-refractivity contribution in [3.63, 3.8) is 0 Å². The summed E-state index contributed by atoms with van der Waals surface area (Å²) in [7, 11) is 1.63. The summed E-state index contributed by atoms with van der Waals surface area (Å²) in [6.07, 6.45) is 2.72. The number of nitrogens with one attached hydrogen (secondary N) is 1.